The first-order valence-electron chi connectivity index (χ1n) is 9.86. The molecule has 0 saturated carbocycles. The van der Waals surface area contributed by atoms with E-state index in [2.05, 4.69) is 58.9 Å². The van der Waals surface area contributed by atoms with Crippen LogP contribution in [0.2, 0.25) is 5.02 Å². The molecule has 0 aliphatic carbocycles. The molecular formula is C26H21ClN2O2. The number of carboxylic acids is 1. The maximum atomic E-state index is 11.3. The van der Waals surface area contributed by atoms with Crippen molar-refractivity contribution >= 4 is 29.5 Å². The van der Waals surface area contributed by atoms with Crippen LogP contribution in [0, 0.1) is 13.8 Å². The van der Waals surface area contributed by atoms with Crippen molar-refractivity contribution < 1.29 is 9.90 Å². The number of hydrogen-bond acceptors (Lipinski definition) is 2. The van der Waals surface area contributed by atoms with E-state index in [1.165, 1.54) is 17.2 Å². The fraction of sp³-hybridized carbons (Fsp3) is 0.0769. The molecule has 0 saturated heterocycles. The number of nitrogens with zero attached hydrogens (tertiary/aromatic N) is 2. The minimum atomic E-state index is -1.07. The Balaban J connectivity index is 1.63. The topological polar surface area (TPSA) is 54.6 Å². The van der Waals surface area contributed by atoms with Crippen LogP contribution in [0.5, 0.6) is 0 Å². The Morgan fingerprint density at radius 1 is 0.935 bits per heavy atom. The van der Waals surface area contributed by atoms with Crippen LogP contribution in [0.1, 0.15) is 27.3 Å². The summed E-state index contributed by atoms with van der Waals surface area (Å²) in [5.74, 6) is -1.07. The number of aliphatic imine (C=N–C) groups is 1. The largest absolute Gasteiger partial charge is 0.478 e. The van der Waals surface area contributed by atoms with Gasteiger partial charge in [0.25, 0.3) is 0 Å². The van der Waals surface area contributed by atoms with Gasteiger partial charge in [0.15, 0.2) is 0 Å². The summed E-state index contributed by atoms with van der Waals surface area (Å²) in [5, 5.41) is 9.44. The number of aromatic carboxylic acids is 1. The van der Waals surface area contributed by atoms with Gasteiger partial charge < -0.3 is 9.67 Å². The number of aromatic nitrogens is 1. The summed E-state index contributed by atoms with van der Waals surface area (Å²) >= 11 is 5.94. The number of aryl methyl sites for hydroxylation is 1. The van der Waals surface area contributed by atoms with Crippen molar-refractivity contribution in [2.24, 2.45) is 4.99 Å². The first-order chi connectivity index (χ1) is 14.9. The van der Waals surface area contributed by atoms with E-state index in [1.54, 1.807) is 18.3 Å². The molecule has 0 radical (unpaired) electrons. The lowest BCUT2D eigenvalue weighted by atomic mass is 10.1. The molecule has 0 bridgehead atoms. The highest BCUT2D eigenvalue weighted by molar-refractivity contribution is 6.33. The summed E-state index contributed by atoms with van der Waals surface area (Å²) in [6, 6.07) is 25.6. The normalized spacial score (nSPS) is 11.2. The third kappa shape index (κ3) is 4.30. The minimum absolute atomic E-state index is 0.0419. The van der Waals surface area contributed by atoms with E-state index in [4.69, 9.17) is 11.6 Å². The first-order valence-corrected chi connectivity index (χ1v) is 10.2. The van der Waals surface area contributed by atoms with E-state index >= 15 is 0 Å². The molecule has 31 heavy (non-hydrogen) atoms. The second kappa shape index (κ2) is 8.62. The predicted molar refractivity (Wildman–Crippen MR) is 126 cm³/mol. The molecule has 1 heterocycles. The van der Waals surface area contributed by atoms with Gasteiger partial charge >= 0.3 is 5.97 Å². The lowest BCUT2D eigenvalue weighted by molar-refractivity contribution is 0.0697. The number of carboxylic acid groups (broad SMARTS) is 1. The van der Waals surface area contributed by atoms with Crippen molar-refractivity contribution in [1.82, 2.24) is 4.57 Å². The molecular weight excluding hydrogens is 408 g/mol. The highest BCUT2D eigenvalue weighted by atomic mass is 35.5. The van der Waals surface area contributed by atoms with Gasteiger partial charge in [0.2, 0.25) is 0 Å². The van der Waals surface area contributed by atoms with Gasteiger partial charge in [-0.2, -0.15) is 0 Å². The van der Waals surface area contributed by atoms with Crippen LogP contribution in [0.15, 0.2) is 83.9 Å². The van der Waals surface area contributed by atoms with Gasteiger partial charge in [0.05, 0.1) is 16.3 Å². The van der Waals surface area contributed by atoms with Crippen LogP contribution in [-0.4, -0.2) is 21.9 Å². The summed E-state index contributed by atoms with van der Waals surface area (Å²) in [4.78, 5) is 15.7. The quantitative estimate of drug-likeness (QED) is 0.353. The summed E-state index contributed by atoms with van der Waals surface area (Å²) in [7, 11) is 0. The van der Waals surface area contributed by atoms with Crippen LogP contribution < -0.4 is 0 Å². The average Bonchev–Trinajstić information content (AvgIpc) is 3.06. The summed E-state index contributed by atoms with van der Waals surface area (Å²) < 4.78 is 2.18. The fourth-order valence-electron chi connectivity index (χ4n) is 3.65. The van der Waals surface area contributed by atoms with Crippen molar-refractivity contribution in [2.45, 2.75) is 13.8 Å². The highest BCUT2D eigenvalue weighted by Crippen LogP contribution is 2.26. The number of halogens is 1. The van der Waals surface area contributed by atoms with Crippen LogP contribution in [0.4, 0.5) is 5.69 Å². The van der Waals surface area contributed by atoms with Crippen LogP contribution >= 0.6 is 11.6 Å². The van der Waals surface area contributed by atoms with Crippen molar-refractivity contribution in [3.05, 3.63) is 106 Å². The molecule has 154 valence electrons. The average molecular weight is 429 g/mol. The standard InChI is InChI=1S/C26H21ClN2O2/c1-17-14-21(16-28-22-10-13-25(27)24(15-22)26(30)31)18(2)29(17)23-11-8-20(9-12-23)19-6-4-3-5-7-19/h3-16H,1-2H3,(H,30,31). The molecule has 1 aromatic heterocycles. The Kier molecular flexibility index (Phi) is 5.74. The Labute approximate surface area is 186 Å². The van der Waals surface area contributed by atoms with Gasteiger partial charge in [0, 0.05) is 28.9 Å². The van der Waals surface area contributed by atoms with E-state index in [1.807, 2.05) is 25.1 Å². The van der Waals surface area contributed by atoms with Crippen molar-refractivity contribution in [3.63, 3.8) is 0 Å². The molecule has 0 aliphatic heterocycles. The minimum Gasteiger partial charge on any atom is -0.478 e. The lowest BCUT2D eigenvalue weighted by Crippen LogP contribution is -1.99. The molecule has 1 N–H and O–H groups in total. The first kappa shape index (κ1) is 20.6. The highest BCUT2D eigenvalue weighted by Gasteiger charge is 2.11. The van der Waals surface area contributed by atoms with E-state index in [9.17, 15) is 9.90 Å². The zero-order chi connectivity index (χ0) is 22.0. The van der Waals surface area contributed by atoms with Crippen LogP contribution in [-0.2, 0) is 0 Å². The monoisotopic (exact) mass is 428 g/mol. The second-order valence-electron chi connectivity index (χ2n) is 7.30. The Morgan fingerprint density at radius 2 is 1.61 bits per heavy atom. The van der Waals surface area contributed by atoms with E-state index in [-0.39, 0.29) is 10.6 Å². The SMILES string of the molecule is Cc1cc(C=Nc2ccc(Cl)c(C(=O)O)c2)c(C)n1-c1ccc(-c2ccccc2)cc1. The smallest absolute Gasteiger partial charge is 0.337 e. The molecule has 4 aromatic rings. The van der Waals surface area contributed by atoms with Crippen LogP contribution in [0.3, 0.4) is 0 Å². The molecule has 0 fully saturated rings. The zero-order valence-electron chi connectivity index (χ0n) is 17.2. The van der Waals surface area contributed by atoms with Crippen LogP contribution in [0.25, 0.3) is 16.8 Å². The van der Waals surface area contributed by atoms with Gasteiger partial charge in [-0.15, -0.1) is 0 Å². The van der Waals surface area contributed by atoms with E-state index in [0.29, 0.717) is 5.69 Å². The van der Waals surface area contributed by atoms with Crippen molar-refractivity contribution in [1.29, 1.82) is 0 Å². The molecule has 0 atom stereocenters. The molecule has 0 amide bonds. The molecule has 3 aromatic carbocycles. The third-order valence-electron chi connectivity index (χ3n) is 5.24. The van der Waals surface area contributed by atoms with E-state index < -0.39 is 5.97 Å². The lowest BCUT2D eigenvalue weighted by Gasteiger charge is -2.11. The molecule has 0 unspecified atom stereocenters. The number of benzene rings is 3. The van der Waals surface area contributed by atoms with E-state index in [0.717, 1.165) is 22.6 Å². The van der Waals surface area contributed by atoms with Gasteiger partial charge in [-0.3, -0.25) is 4.99 Å². The summed E-state index contributed by atoms with van der Waals surface area (Å²) in [6.07, 6.45) is 1.76. The fourth-order valence-corrected chi connectivity index (χ4v) is 3.85. The van der Waals surface area contributed by atoms with Gasteiger partial charge in [-0.05, 0) is 61.4 Å². The number of carbonyl (C=O) groups is 1. The third-order valence-corrected chi connectivity index (χ3v) is 5.57. The molecule has 0 aliphatic rings. The Hall–Kier alpha value is -3.63. The molecule has 5 heteroatoms. The molecule has 4 rings (SSSR count). The van der Waals surface area contributed by atoms with Gasteiger partial charge in [0.1, 0.15) is 0 Å². The van der Waals surface area contributed by atoms with Gasteiger partial charge in [-0.25, -0.2) is 4.79 Å². The van der Waals surface area contributed by atoms with Crippen molar-refractivity contribution in [2.75, 3.05) is 0 Å². The maximum absolute atomic E-state index is 11.3. The van der Waals surface area contributed by atoms with Gasteiger partial charge in [-0.1, -0.05) is 54.1 Å². The number of hydrogen-bond donors (Lipinski definition) is 1. The summed E-state index contributed by atoms with van der Waals surface area (Å²) in [6.45, 7) is 4.10. The summed E-state index contributed by atoms with van der Waals surface area (Å²) in [5.41, 5.74) is 7.14. The predicted octanol–water partition coefficient (Wildman–Crippen LogP) is 6.86. The second-order valence-corrected chi connectivity index (χ2v) is 7.71. The number of rotatable bonds is 5. The zero-order valence-corrected chi connectivity index (χ0v) is 18.0. The molecule has 0 spiro atoms. The Bertz CT molecular complexity index is 1270. The molecule has 4 nitrogen and oxygen atoms in total. The van der Waals surface area contributed by atoms with Crippen molar-refractivity contribution in [3.8, 4) is 16.8 Å². The maximum Gasteiger partial charge on any atom is 0.337 e. The Morgan fingerprint density at radius 3 is 2.29 bits per heavy atom.